The molecular formula is C34H25F2N3O6S2. The van der Waals surface area contributed by atoms with Gasteiger partial charge in [-0.1, -0.05) is 24.3 Å². The van der Waals surface area contributed by atoms with Gasteiger partial charge in [0.2, 0.25) is 0 Å². The summed E-state index contributed by atoms with van der Waals surface area (Å²) >= 11 is 1.34. The van der Waals surface area contributed by atoms with E-state index in [9.17, 15) is 31.6 Å². The molecule has 0 amide bonds. The van der Waals surface area contributed by atoms with Crippen LogP contribution in [0.2, 0.25) is 0 Å². The lowest BCUT2D eigenvalue weighted by molar-refractivity contribution is 0.0600. The highest BCUT2D eigenvalue weighted by atomic mass is 32.2. The third kappa shape index (κ3) is 6.27. The smallest absolute Gasteiger partial charge is 0.339 e. The lowest BCUT2D eigenvalue weighted by Gasteiger charge is -2.08. The summed E-state index contributed by atoms with van der Waals surface area (Å²) < 4.78 is 61.4. The molecule has 0 spiro atoms. The fraction of sp³-hybridized carbons (Fsp3) is 0.118. The van der Waals surface area contributed by atoms with Crippen LogP contribution in [0, 0.1) is 11.6 Å². The van der Waals surface area contributed by atoms with Crippen molar-refractivity contribution >= 4 is 44.1 Å². The second-order valence-electron chi connectivity index (χ2n) is 10.5. The van der Waals surface area contributed by atoms with E-state index in [2.05, 4.69) is 4.98 Å². The van der Waals surface area contributed by atoms with E-state index in [4.69, 9.17) is 4.74 Å². The number of fused-ring (bicyclic) bond motifs is 1. The third-order valence-electron chi connectivity index (χ3n) is 7.52. The molecule has 0 saturated carbocycles. The first-order valence-electron chi connectivity index (χ1n) is 14.2. The molecule has 0 unspecified atom stereocenters. The van der Waals surface area contributed by atoms with Crippen molar-refractivity contribution in [3.8, 4) is 10.4 Å². The van der Waals surface area contributed by atoms with E-state index in [0.717, 1.165) is 21.0 Å². The van der Waals surface area contributed by atoms with Crippen LogP contribution in [-0.2, 0) is 27.7 Å². The molecule has 0 aliphatic heterocycles. The molecule has 0 aliphatic rings. The van der Waals surface area contributed by atoms with Crippen molar-refractivity contribution in [1.29, 1.82) is 0 Å². The molecule has 0 aliphatic carbocycles. The van der Waals surface area contributed by atoms with Crippen LogP contribution >= 0.6 is 11.3 Å². The SMILES string of the molecule is COC(=O)c1cnc2c(c1)c(-c1ccc(CCC(=O)c3cccn(Cc4ccc(F)c(F)c4)c3=O)s1)cn2S(=O)(=O)c1ccccc1. The summed E-state index contributed by atoms with van der Waals surface area (Å²) in [5.41, 5.74) is 0.594. The van der Waals surface area contributed by atoms with Gasteiger partial charge in [0.15, 0.2) is 23.1 Å². The second kappa shape index (κ2) is 12.9. The standard InChI is InChI=1S/C34H25F2N3O6S2/c1-45-34(42)22-17-26-27(20-39(32(26)37-18-22)47(43,44)24-6-3-2-4-7-24)31-14-11-23(46-31)10-13-30(40)25-8-5-15-38(33(25)41)19-21-9-12-28(35)29(36)16-21/h2-9,11-12,14-18,20H,10,13,19H2,1H3. The number of carbonyl (C=O) groups is 2. The van der Waals surface area contributed by atoms with Crippen LogP contribution in [0.4, 0.5) is 8.78 Å². The van der Waals surface area contributed by atoms with E-state index in [1.807, 2.05) is 6.07 Å². The molecule has 47 heavy (non-hydrogen) atoms. The van der Waals surface area contributed by atoms with Crippen LogP contribution in [0.25, 0.3) is 21.5 Å². The Morgan fingerprint density at radius 1 is 0.957 bits per heavy atom. The summed E-state index contributed by atoms with van der Waals surface area (Å²) in [6.07, 6.45) is 4.51. The molecule has 2 aromatic carbocycles. The Hall–Kier alpha value is -5.27. The Labute approximate surface area is 271 Å². The Kier molecular flexibility index (Phi) is 8.67. The average Bonchev–Trinajstić information content (AvgIpc) is 3.71. The number of aryl methyl sites for hydroxylation is 1. The fourth-order valence-corrected chi connectivity index (χ4v) is 7.51. The van der Waals surface area contributed by atoms with Crippen LogP contribution < -0.4 is 5.56 Å². The van der Waals surface area contributed by atoms with Gasteiger partial charge in [-0.05, 0) is 66.6 Å². The number of hydrogen-bond acceptors (Lipinski definition) is 8. The summed E-state index contributed by atoms with van der Waals surface area (Å²) in [5, 5.41) is 0.419. The fourth-order valence-electron chi connectivity index (χ4n) is 5.13. The highest BCUT2D eigenvalue weighted by Gasteiger charge is 2.24. The summed E-state index contributed by atoms with van der Waals surface area (Å²) in [6, 6.07) is 19.4. The number of methoxy groups -OCH3 is 1. The number of ketones is 1. The quantitative estimate of drug-likeness (QED) is 0.128. The minimum Gasteiger partial charge on any atom is -0.465 e. The summed E-state index contributed by atoms with van der Waals surface area (Å²) in [7, 11) is -2.80. The molecule has 13 heteroatoms. The monoisotopic (exact) mass is 673 g/mol. The third-order valence-corrected chi connectivity index (χ3v) is 10.4. The molecule has 0 N–H and O–H groups in total. The number of benzene rings is 2. The number of carbonyl (C=O) groups excluding carboxylic acids is 2. The largest absolute Gasteiger partial charge is 0.465 e. The predicted octanol–water partition coefficient (Wildman–Crippen LogP) is 6.09. The van der Waals surface area contributed by atoms with Gasteiger partial charge >= 0.3 is 5.97 Å². The Bertz CT molecular complexity index is 2330. The lowest BCUT2D eigenvalue weighted by atomic mass is 10.1. The summed E-state index contributed by atoms with van der Waals surface area (Å²) in [4.78, 5) is 44.3. The molecular weight excluding hydrogens is 649 g/mol. The van der Waals surface area contributed by atoms with Crippen molar-refractivity contribution < 1.29 is 31.5 Å². The molecule has 6 aromatic rings. The van der Waals surface area contributed by atoms with Crippen molar-refractivity contribution in [3.63, 3.8) is 0 Å². The Balaban J connectivity index is 1.27. The van der Waals surface area contributed by atoms with E-state index in [1.165, 1.54) is 71.9 Å². The number of Topliss-reactive ketones (excluding diaryl/α,β-unsaturated/α-hetero) is 1. The molecule has 4 heterocycles. The number of halogens is 2. The van der Waals surface area contributed by atoms with Crippen LogP contribution in [-0.4, -0.2) is 40.8 Å². The number of rotatable bonds is 10. The minimum atomic E-state index is -4.04. The number of aromatic nitrogens is 3. The first-order valence-corrected chi connectivity index (χ1v) is 16.5. The number of pyridine rings is 2. The Morgan fingerprint density at radius 2 is 1.74 bits per heavy atom. The van der Waals surface area contributed by atoms with E-state index in [1.54, 1.807) is 30.3 Å². The number of thiophene rings is 1. The first kappa shape index (κ1) is 31.7. The van der Waals surface area contributed by atoms with E-state index in [-0.39, 0.29) is 40.4 Å². The van der Waals surface area contributed by atoms with Crippen LogP contribution in [0.5, 0.6) is 0 Å². The molecule has 0 fully saturated rings. The van der Waals surface area contributed by atoms with E-state index >= 15 is 0 Å². The number of esters is 1. The molecule has 6 rings (SSSR count). The van der Waals surface area contributed by atoms with Gasteiger partial charge < -0.3 is 9.30 Å². The van der Waals surface area contributed by atoms with Gasteiger partial charge in [-0.15, -0.1) is 11.3 Å². The van der Waals surface area contributed by atoms with Gasteiger partial charge in [-0.2, -0.15) is 0 Å². The van der Waals surface area contributed by atoms with Gasteiger partial charge in [0.1, 0.15) is 0 Å². The first-order chi connectivity index (χ1) is 22.6. The molecule has 9 nitrogen and oxygen atoms in total. The zero-order chi connectivity index (χ0) is 33.3. The van der Waals surface area contributed by atoms with E-state index in [0.29, 0.717) is 27.8 Å². The van der Waals surface area contributed by atoms with Crippen molar-refractivity contribution in [2.45, 2.75) is 24.3 Å². The van der Waals surface area contributed by atoms with Crippen molar-refractivity contribution in [2.24, 2.45) is 0 Å². The zero-order valence-electron chi connectivity index (χ0n) is 24.7. The number of nitrogens with zero attached hydrogens (tertiary/aromatic N) is 3. The lowest BCUT2D eigenvalue weighted by Crippen LogP contribution is -2.26. The molecule has 0 radical (unpaired) electrons. The Morgan fingerprint density at radius 3 is 2.49 bits per heavy atom. The summed E-state index contributed by atoms with van der Waals surface area (Å²) in [6.45, 7) is -0.0361. The topological polar surface area (TPSA) is 117 Å². The highest BCUT2D eigenvalue weighted by Crippen LogP contribution is 2.37. The van der Waals surface area contributed by atoms with Gasteiger partial charge in [-0.3, -0.25) is 9.59 Å². The van der Waals surface area contributed by atoms with Crippen LogP contribution in [0.1, 0.15) is 37.6 Å². The maximum absolute atomic E-state index is 13.7. The summed E-state index contributed by atoms with van der Waals surface area (Å²) in [5.74, 6) is -3.03. The highest BCUT2D eigenvalue weighted by molar-refractivity contribution is 7.90. The van der Waals surface area contributed by atoms with Gasteiger partial charge in [0.25, 0.3) is 15.6 Å². The second-order valence-corrected chi connectivity index (χ2v) is 13.5. The maximum atomic E-state index is 13.7. The molecule has 238 valence electrons. The van der Waals surface area contributed by atoms with E-state index < -0.39 is 33.2 Å². The molecule has 0 bridgehead atoms. The number of ether oxygens (including phenoxy) is 1. The van der Waals surface area contributed by atoms with Gasteiger partial charge in [-0.25, -0.2) is 30.9 Å². The molecule has 0 saturated heterocycles. The van der Waals surface area contributed by atoms with Crippen LogP contribution in [0.3, 0.4) is 0 Å². The average molecular weight is 674 g/mol. The molecule has 4 aromatic heterocycles. The van der Waals surface area contributed by atoms with Gasteiger partial charge in [0, 0.05) is 45.7 Å². The zero-order valence-corrected chi connectivity index (χ0v) is 26.4. The maximum Gasteiger partial charge on any atom is 0.339 e. The predicted molar refractivity (Wildman–Crippen MR) is 172 cm³/mol. The normalized spacial score (nSPS) is 11.6. The van der Waals surface area contributed by atoms with Crippen molar-refractivity contribution in [2.75, 3.05) is 7.11 Å². The number of hydrogen-bond donors (Lipinski definition) is 0. The van der Waals surface area contributed by atoms with Crippen LogP contribution in [0.15, 0.2) is 107 Å². The minimum absolute atomic E-state index is 0.0164. The van der Waals surface area contributed by atoms with Crippen molar-refractivity contribution in [1.82, 2.24) is 13.5 Å². The molecule has 0 atom stereocenters. The van der Waals surface area contributed by atoms with Crippen molar-refractivity contribution in [3.05, 3.63) is 141 Å². The van der Waals surface area contributed by atoms with Gasteiger partial charge in [0.05, 0.1) is 29.7 Å².